The number of rotatable bonds is 7. The van der Waals surface area contributed by atoms with E-state index in [1.54, 1.807) is 11.8 Å². The van der Waals surface area contributed by atoms with E-state index in [0.29, 0.717) is 22.6 Å². The fourth-order valence-electron chi connectivity index (χ4n) is 2.25. The van der Waals surface area contributed by atoms with Crippen LogP contribution in [-0.4, -0.2) is 32.6 Å². The minimum atomic E-state index is 0.0948. The van der Waals surface area contributed by atoms with Crippen molar-refractivity contribution in [3.63, 3.8) is 0 Å². The van der Waals surface area contributed by atoms with Gasteiger partial charge in [-0.25, -0.2) is 0 Å². The van der Waals surface area contributed by atoms with E-state index < -0.39 is 0 Å². The van der Waals surface area contributed by atoms with Crippen LogP contribution in [0.15, 0.2) is 15.7 Å². The largest absolute Gasteiger partial charge is 0.415 e. The van der Waals surface area contributed by atoms with E-state index in [1.807, 2.05) is 26.2 Å². The molecule has 0 unspecified atom stereocenters. The Morgan fingerprint density at radius 2 is 2.14 bits per heavy atom. The van der Waals surface area contributed by atoms with Gasteiger partial charge < -0.3 is 8.98 Å². The summed E-state index contributed by atoms with van der Waals surface area (Å²) >= 11 is 2.92. The second kappa shape index (κ2) is 7.17. The number of carbonyl (C=O) groups excluding carboxylic acids is 1. The molecule has 2 heterocycles. The van der Waals surface area contributed by atoms with Gasteiger partial charge in [-0.05, 0) is 33.1 Å². The van der Waals surface area contributed by atoms with Crippen LogP contribution in [0.3, 0.4) is 0 Å². The highest BCUT2D eigenvalue weighted by Crippen LogP contribution is 2.22. The highest BCUT2D eigenvalue weighted by atomic mass is 32.2. The highest BCUT2D eigenvalue weighted by molar-refractivity contribution is 7.99. The van der Waals surface area contributed by atoms with Crippen LogP contribution >= 0.6 is 23.5 Å². The summed E-state index contributed by atoms with van der Waals surface area (Å²) in [4.78, 5) is 12.3. The second-order valence-electron chi connectivity index (χ2n) is 4.64. The van der Waals surface area contributed by atoms with Crippen LogP contribution in [0.25, 0.3) is 0 Å². The van der Waals surface area contributed by atoms with Crippen molar-refractivity contribution in [1.29, 1.82) is 0 Å². The number of hydrogen-bond donors (Lipinski definition) is 0. The van der Waals surface area contributed by atoms with Crippen molar-refractivity contribution in [2.45, 2.75) is 38.3 Å². The maximum atomic E-state index is 12.3. The molecule has 2 aromatic heterocycles. The van der Waals surface area contributed by atoms with Crippen LogP contribution < -0.4 is 0 Å². The number of Topliss-reactive ketones (excluding diaryl/α,β-unsaturated/α-hetero) is 1. The van der Waals surface area contributed by atoms with E-state index >= 15 is 0 Å². The van der Waals surface area contributed by atoms with Crippen molar-refractivity contribution in [2.75, 3.05) is 12.0 Å². The Labute approximate surface area is 132 Å². The first-order valence-corrected chi connectivity index (χ1v) is 9.08. The van der Waals surface area contributed by atoms with Gasteiger partial charge in [0.05, 0.1) is 11.5 Å². The first-order chi connectivity index (χ1) is 10.1. The summed E-state index contributed by atoms with van der Waals surface area (Å²) in [5.74, 6) is 1.70. The van der Waals surface area contributed by atoms with Crippen LogP contribution in [0.1, 0.15) is 34.6 Å². The first kappa shape index (κ1) is 16.2. The number of thioether (sulfide) groups is 2. The molecule has 114 valence electrons. The summed E-state index contributed by atoms with van der Waals surface area (Å²) in [5, 5.41) is 8.32. The summed E-state index contributed by atoms with van der Waals surface area (Å²) in [7, 11) is 0. The maximum Gasteiger partial charge on any atom is 0.277 e. The van der Waals surface area contributed by atoms with Gasteiger partial charge in [-0.3, -0.25) is 4.79 Å². The van der Waals surface area contributed by atoms with E-state index in [9.17, 15) is 4.79 Å². The van der Waals surface area contributed by atoms with Crippen LogP contribution in [0.5, 0.6) is 0 Å². The fraction of sp³-hybridized carbons (Fsp3) is 0.500. The average Bonchev–Trinajstić information content (AvgIpc) is 3.01. The van der Waals surface area contributed by atoms with Crippen molar-refractivity contribution in [1.82, 2.24) is 14.8 Å². The van der Waals surface area contributed by atoms with E-state index in [2.05, 4.69) is 21.7 Å². The van der Waals surface area contributed by atoms with E-state index in [1.165, 1.54) is 11.8 Å². The standard InChI is InChI=1S/C14H19N3O2S2/c1-5-17-9(2)6-11(10(17)3)12(18)7-21-14-16-15-13(19-14)8-20-4/h6H,5,7-8H2,1-4H3. The molecule has 0 amide bonds. The number of hydrogen-bond acceptors (Lipinski definition) is 6. The molecule has 0 fully saturated rings. The lowest BCUT2D eigenvalue weighted by atomic mass is 10.2. The highest BCUT2D eigenvalue weighted by Gasteiger charge is 2.16. The number of nitrogens with zero attached hydrogens (tertiary/aromatic N) is 3. The molecule has 0 aliphatic carbocycles. The van der Waals surface area contributed by atoms with Crippen LogP contribution in [0.2, 0.25) is 0 Å². The molecule has 2 rings (SSSR count). The third-order valence-corrected chi connectivity index (χ3v) is 4.59. The van der Waals surface area contributed by atoms with Gasteiger partial charge in [-0.2, -0.15) is 11.8 Å². The topological polar surface area (TPSA) is 60.9 Å². The van der Waals surface area contributed by atoms with Gasteiger partial charge >= 0.3 is 0 Å². The molecule has 0 aliphatic rings. The minimum Gasteiger partial charge on any atom is -0.415 e. The quantitative estimate of drug-likeness (QED) is 0.575. The molecule has 0 saturated carbocycles. The van der Waals surface area contributed by atoms with Gasteiger partial charge in [0, 0.05) is 23.5 Å². The molecule has 0 radical (unpaired) electrons. The second-order valence-corrected chi connectivity index (χ2v) is 6.43. The Hall–Kier alpha value is -1.21. The zero-order chi connectivity index (χ0) is 15.4. The molecular formula is C14H19N3O2S2. The summed E-state index contributed by atoms with van der Waals surface area (Å²) in [6.45, 7) is 6.96. The summed E-state index contributed by atoms with van der Waals surface area (Å²) < 4.78 is 7.59. The lowest BCUT2D eigenvalue weighted by molar-refractivity contribution is 0.102. The fourth-order valence-corrected chi connectivity index (χ4v) is 3.28. The summed E-state index contributed by atoms with van der Waals surface area (Å²) in [6.07, 6.45) is 1.98. The normalized spacial score (nSPS) is 11.0. The number of carbonyl (C=O) groups is 1. The zero-order valence-electron chi connectivity index (χ0n) is 12.7. The molecule has 0 atom stereocenters. The lowest BCUT2D eigenvalue weighted by Gasteiger charge is -2.05. The molecule has 0 saturated heterocycles. The molecule has 5 nitrogen and oxygen atoms in total. The minimum absolute atomic E-state index is 0.0948. The van der Waals surface area contributed by atoms with E-state index in [0.717, 1.165) is 23.5 Å². The molecule has 0 aromatic carbocycles. The number of ketones is 1. The Kier molecular flexibility index (Phi) is 5.52. The molecular weight excluding hydrogens is 306 g/mol. The predicted octanol–water partition coefficient (Wildman–Crippen LogP) is 3.35. The monoisotopic (exact) mass is 325 g/mol. The van der Waals surface area contributed by atoms with Crippen LogP contribution in [-0.2, 0) is 12.3 Å². The summed E-state index contributed by atoms with van der Waals surface area (Å²) in [5.41, 5.74) is 2.92. The third kappa shape index (κ3) is 3.71. The Bertz CT molecular complexity index is 634. The van der Waals surface area contributed by atoms with E-state index in [-0.39, 0.29) is 5.78 Å². The third-order valence-electron chi connectivity index (χ3n) is 3.23. The molecule has 2 aromatic rings. The smallest absolute Gasteiger partial charge is 0.277 e. The van der Waals surface area contributed by atoms with Crippen molar-refractivity contribution in [3.8, 4) is 0 Å². The lowest BCUT2D eigenvalue weighted by Crippen LogP contribution is -2.05. The van der Waals surface area contributed by atoms with Crippen molar-refractivity contribution >= 4 is 29.3 Å². The van der Waals surface area contributed by atoms with Crippen molar-refractivity contribution in [2.24, 2.45) is 0 Å². The molecule has 0 N–H and O–H groups in total. The molecule has 0 aliphatic heterocycles. The van der Waals surface area contributed by atoms with Crippen molar-refractivity contribution < 1.29 is 9.21 Å². The molecule has 0 spiro atoms. The zero-order valence-corrected chi connectivity index (χ0v) is 14.3. The SMILES string of the molecule is CCn1c(C)cc(C(=O)CSc2nnc(CSC)o2)c1C. The Balaban J connectivity index is 2.01. The molecule has 0 bridgehead atoms. The van der Waals surface area contributed by atoms with E-state index in [4.69, 9.17) is 4.42 Å². The van der Waals surface area contributed by atoms with Gasteiger partial charge in [0.1, 0.15) is 0 Å². The molecule has 21 heavy (non-hydrogen) atoms. The number of aryl methyl sites for hydroxylation is 1. The Morgan fingerprint density at radius 3 is 2.76 bits per heavy atom. The first-order valence-electron chi connectivity index (χ1n) is 6.70. The van der Waals surface area contributed by atoms with Crippen LogP contribution in [0, 0.1) is 13.8 Å². The van der Waals surface area contributed by atoms with Crippen LogP contribution in [0.4, 0.5) is 0 Å². The van der Waals surface area contributed by atoms with Crippen molar-refractivity contribution in [3.05, 3.63) is 28.9 Å². The van der Waals surface area contributed by atoms with Gasteiger partial charge in [0.15, 0.2) is 5.78 Å². The van der Waals surface area contributed by atoms with Gasteiger partial charge in [0.2, 0.25) is 5.89 Å². The Morgan fingerprint density at radius 1 is 1.38 bits per heavy atom. The predicted molar refractivity (Wildman–Crippen MR) is 86.2 cm³/mol. The summed E-state index contributed by atoms with van der Waals surface area (Å²) in [6, 6.07) is 1.95. The number of aromatic nitrogens is 3. The van der Waals surface area contributed by atoms with Gasteiger partial charge in [-0.15, -0.1) is 10.2 Å². The molecule has 7 heteroatoms. The van der Waals surface area contributed by atoms with Gasteiger partial charge in [0.25, 0.3) is 5.22 Å². The average molecular weight is 325 g/mol. The van der Waals surface area contributed by atoms with Gasteiger partial charge in [-0.1, -0.05) is 11.8 Å². The maximum absolute atomic E-state index is 12.3.